The predicted molar refractivity (Wildman–Crippen MR) is 41.2 cm³/mol. The highest BCUT2D eigenvalue weighted by molar-refractivity contribution is 5.69. The van der Waals surface area contributed by atoms with E-state index >= 15 is 0 Å². The summed E-state index contributed by atoms with van der Waals surface area (Å²) in [4.78, 5) is 10.2. The largest absolute Gasteiger partial charge is 0.550 e. The summed E-state index contributed by atoms with van der Waals surface area (Å²) in [6.07, 6.45) is -0.190. The van der Waals surface area contributed by atoms with E-state index in [0.29, 0.717) is 5.56 Å². The van der Waals surface area contributed by atoms with Crippen molar-refractivity contribution < 1.29 is 15.0 Å². The molecule has 1 aromatic carbocycles. The number of carboxylic acids is 1. The molecule has 0 fully saturated rings. The quantitative estimate of drug-likeness (QED) is 0.448. The Kier molecular flexibility index (Phi) is 2.19. The molecule has 0 aliphatic rings. The van der Waals surface area contributed by atoms with E-state index in [1.165, 1.54) is 18.2 Å². The molecule has 64 valence electrons. The number of carbonyl (C=O) groups excluding carboxylic acids is 1. The van der Waals surface area contributed by atoms with Crippen molar-refractivity contribution in [1.29, 1.82) is 0 Å². The Hall–Kier alpha value is -1.71. The molecule has 0 aromatic heterocycles. The van der Waals surface area contributed by atoms with E-state index in [9.17, 15) is 9.90 Å². The third-order valence-electron chi connectivity index (χ3n) is 1.44. The first-order valence-corrected chi connectivity index (χ1v) is 3.37. The van der Waals surface area contributed by atoms with Crippen molar-refractivity contribution in [2.75, 3.05) is 5.73 Å². The molecule has 4 heteroatoms. The Labute approximate surface area is 69.3 Å². The number of phenolic OH excluding ortho intramolecular Hbond substituents is 1. The van der Waals surface area contributed by atoms with Crippen LogP contribution in [0.2, 0.25) is 0 Å². The summed E-state index contributed by atoms with van der Waals surface area (Å²) in [5.74, 6) is -1.21. The fraction of sp³-hybridized carbons (Fsp3) is 0.125. The van der Waals surface area contributed by atoms with Crippen LogP contribution in [0, 0.1) is 0 Å². The van der Waals surface area contributed by atoms with Crippen molar-refractivity contribution in [2.45, 2.75) is 6.42 Å². The highest BCUT2D eigenvalue weighted by atomic mass is 16.4. The van der Waals surface area contributed by atoms with Gasteiger partial charge in [0.05, 0.1) is 5.69 Å². The van der Waals surface area contributed by atoms with Crippen LogP contribution in [0.15, 0.2) is 18.2 Å². The Balaban J connectivity index is 2.89. The first-order chi connectivity index (χ1) is 5.59. The average Bonchev–Trinajstić information content (AvgIpc) is 1.96. The molecule has 0 amide bonds. The maximum Gasteiger partial charge on any atom is 0.138 e. The van der Waals surface area contributed by atoms with Gasteiger partial charge in [-0.3, -0.25) is 0 Å². The number of carbonyl (C=O) groups is 1. The lowest BCUT2D eigenvalue weighted by molar-refractivity contribution is -0.304. The fourth-order valence-electron chi connectivity index (χ4n) is 0.881. The lowest BCUT2D eigenvalue weighted by Gasteiger charge is -2.04. The number of rotatable bonds is 2. The van der Waals surface area contributed by atoms with E-state index in [0.717, 1.165) is 0 Å². The molecular weight excluding hydrogens is 158 g/mol. The predicted octanol–water partition coefficient (Wildman–Crippen LogP) is -0.733. The summed E-state index contributed by atoms with van der Waals surface area (Å²) in [5.41, 5.74) is 6.03. The zero-order chi connectivity index (χ0) is 9.14. The van der Waals surface area contributed by atoms with Crippen molar-refractivity contribution >= 4 is 11.7 Å². The summed E-state index contributed by atoms with van der Waals surface area (Å²) in [6.45, 7) is 0. The zero-order valence-corrected chi connectivity index (χ0v) is 6.28. The maximum atomic E-state index is 10.2. The molecule has 0 saturated carbocycles. The minimum absolute atomic E-state index is 0.0444. The van der Waals surface area contributed by atoms with E-state index < -0.39 is 5.97 Å². The van der Waals surface area contributed by atoms with Crippen molar-refractivity contribution in [3.05, 3.63) is 23.8 Å². The Morgan fingerprint density at radius 1 is 1.58 bits per heavy atom. The second-order valence-electron chi connectivity index (χ2n) is 2.44. The molecule has 1 rings (SSSR count). The van der Waals surface area contributed by atoms with Crippen molar-refractivity contribution in [1.82, 2.24) is 0 Å². The highest BCUT2D eigenvalue weighted by Gasteiger charge is 1.98. The molecule has 0 aliphatic heterocycles. The van der Waals surface area contributed by atoms with Gasteiger partial charge in [-0.1, -0.05) is 6.07 Å². The first-order valence-electron chi connectivity index (χ1n) is 3.37. The number of hydrogen-bond acceptors (Lipinski definition) is 4. The minimum Gasteiger partial charge on any atom is -0.550 e. The van der Waals surface area contributed by atoms with Gasteiger partial charge >= 0.3 is 0 Å². The molecule has 0 bridgehead atoms. The molecule has 0 atom stereocenters. The van der Waals surface area contributed by atoms with Gasteiger partial charge in [-0.2, -0.15) is 0 Å². The standard InChI is InChI=1S/C8H9NO3/c9-6-3-5(4-8(11)12)1-2-7(6)10/h1-3,10H,4,9H2,(H,11,12)/p-1. The van der Waals surface area contributed by atoms with Gasteiger partial charge in [0.1, 0.15) is 5.75 Å². The van der Waals surface area contributed by atoms with Crippen LogP contribution >= 0.6 is 0 Å². The Morgan fingerprint density at radius 2 is 2.25 bits per heavy atom. The number of carboxylic acid groups (broad SMARTS) is 1. The van der Waals surface area contributed by atoms with Gasteiger partial charge in [-0.05, 0) is 17.7 Å². The summed E-state index contributed by atoms with van der Waals surface area (Å²) in [5, 5.41) is 19.1. The van der Waals surface area contributed by atoms with Gasteiger partial charge in [-0.25, -0.2) is 0 Å². The van der Waals surface area contributed by atoms with Crippen LogP contribution in [0.1, 0.15) is 5.56 Å². The molecule has 4 nitrogen and oxygen atoms in total. The maximum absolute atomic E-state index is 10.2. The van der Waals surface area contributed by atoms with Gasteiger partial charge < -0.3 is 20.7 Å². The van der Waals surface area contributed by atoms with E-state index in [2.05, 4.69) is 0 Å². The topological polar surface area (TPSA) is 86.4 Å². The fourth-order valence-corrected chi connectivity index (χ4v) is 0.881. The molecule has 0 saturated heterocycles. The van der Waals surface area contributed by atoms with Crippen LogP contribution < -0.4 is 10.8 Å². The minimum atomic E-state index is -1.17. The molecule has 0 heterocycles. The van der Waals surface area contributed by atoms with Crippen LogP contribution in [0.25, 0.3) is 0 Å². The Bertz CT molecular complexity index is 309. The van der Waals surface area contributed by atoms with Crippen LogP contribution in [-0.4, -0.2) is 11.1 Å². The number of nitrogens with two attached hydrogens (primary N) is 1. The molecule has 12 heavy (non-hydrogen) atoms. The SMILES string of the molecule is Nc1cc(CC(=O)[O-])ccc1O. The molecular formula is C8H8NO3-. The van der Waals surface area contributed by atoms with Crippen LogP contribution in [-0.2, 0) is 11.2 Å². The van der Waals surface area contributed by atoms with Crippen molar-refractivity contribution in [2.24, 2.45) is 0 Å². The van der Waals surface area contributed by atoms with Gasteiger partial charge in [0.25, 0.3) is 0 Å². The molecule has 1 aromatic rings. The number of nitrogen functional groups attached to an aromatic ring is 1. The number of aliphatic carboxylic acids is 1. The summed E-state index contributed by atoms with van der Waals surface area (Å²) in [6, 6.07) is 4.25. The van der Waals surface area contributed by atoms with E-state index in [1.54, 1.807) is 0 Å². The molecule has 0 aliphatic carbocycles. The lowest BCUT2D eigenvalue weighted by Crippen LogP contribution is -2.24. The molecule has 0 unspecified atom stereocenters. The number of phenols is 1. The molecule has 0 spiro atoms. The highest BCUT2D eigenvalue weighted by Crippen LogP contribution is 2.20. The summed E-state index contributed by atoms with van der Waals surface area (Å²) >= 11 is 0. The van der Waals surface area contributed by atoms with Gasteiger partial charge in [0.15, 0.2) is 0 Å². The van der Waals surface area contributed by atoms with E-state index in [-0.39, 0.29) is 17.9 Å². The number of benzene rings is 1. The third-order valence-corrected chi connectivity index (χ3v) is 1.44. The average molecular weight is 166 g/mol. The Morgan fingerprint density at radius 3 is 2.75 bits per heavy atom. The van der Waals surface area contributed by atoms with Crippen LogP contribution in [0.5, 0.6) is 5.75 Å². The lowest BCUT2D eigenvalue weighted by atomic mass is 10.1. The zero-order valence-electron chi connectivity index (χ0n) is 6.28. The molecule has 3 N–H and O–H groups in total. The van der Waals surface area contributed by atoms with Crippen molar-refractivity contribution in [3.63, 3.8) is 0 Å². The summed E-state index contributed by atoms with van der Waals surface area (Å²) < 4.78 is 0. The van der Waals surface area contributed by atoms with Crippen LogP contribution in [0.4, 0.5) is 5.69 Å². The second kappa shape index (κ2) is 3.13. The monoisotopic (exact) mass is 166 g/mol. The number of hydrogen-bond donors (Lipinski definition) is 2. The van der Waals surface area contributed by atoms with Gasteiger partial charge in [0.2, 0.25) is 0 Å². The van der Waals surface area contributed by atoms with E-state index in [1.807, 2.05) is 0 Å². The number of aromatic hydroxyl groups is 1. The molecule has 0 radical (unpaired) electrons. The normalized spacial score (nSPS) is 9.67. The first kappa shape index (κ1) is 8.39. The smallest absolute Gasteiger partial charge is 0.138 e. The third kappa shape index (κ3) is 1.88. The summed E-state index contributed by atoms with van der Waals surface area (Å²) in [7, 11) is 0. The van der Waals surface area contributed by atoms with Crippen molar-refractivity contribution in [3.8, 4) is 5.75 Å². The second-order valence-corrected chi connectivity index (χ2v) is 2.44. The van der Waals surface area contributed by atoms with Gasteiger partial charge in [-0.15, -0.1) is 0 Å². The van der Waals surface area contributed by atoms with E-state index in [4.69, 9.17) is 10.8 Å². The number of anilines is 1. The van der Waals surface area contributed by atoms with Crippen LogP contribution in [0.3, 0.4) is 0 Å². The van der Waals surface area contributed by atoms with Gasteiger partial charge in [0, 0.05) is 12.4 Å².